The minimum absolute atomic E-state index is 0.0796. The second-order valence-electron chi connectivity index (χ2n) is 5.44. The summed E-state index contributed by atoms with van der Waals surface area (Å²) in [5.41, 5.74) is 1.35. The van der Waals surface area contributed by atoms with Gasteiger partial charge < -0.3 is 10.1 Å². The number of nitrogens with zero attached hydrogens (tertiary/aromatic N) is 2. The number of aliphatic carboxylic acids is 1. The molecule has 21 heavy (non-hydrogen) atoms. The molecule has 1 aliphatic heterocycles. The van der Waals surface area contributed by atoms with Crippen LogP contribution in [0.5, 0.6) is 0 Å². The molecule has 0 saturated carbocycles. The van der Waals surface area contributed by atoms with Crippen molar-refractivity contribution in [3.63, 3.8) is 0 Å². The molecule has 2 unspecified atom stereocenters. The predicted molar refractivity (Wildman–Crippen MR) is 76.4 cm³/mol. The molecule has 2 aromatic rings. The fourth-order valence-corrected chi connectivity index (χ4v) is 3.17. The first kappa shape index (κ1) is 14.0. The summed E-state index contributed by atoms with van der Waals surface area (Å²) >= 11 is 0. The van der Waals surface area contributed by atoms with Gasteiger partial charge in [0, 0.05) is 0 Å². The van der Waals surface area contributed by atoms with Gasteiger partial charge in [0.1, 0.15) is 17.7 Å². The lowest BCUT2D eigenvalue weighted by atomic mass is 10.1. The van der Waals surface area contributed by atoms with Gasteiger partial charge in [-0.3, -0.25) is 9.69 Å². The largest absolute Gasteiger partial charge is 0.480 e. The highest BCUT2D eigenvalue weighted by Crippen LogP contribution is 2.31. The smallest absolute Gasteiger partial charge is 0.320 e. The first-order valence-electron chi connectivity index (χ1n) is 7.24. The summed E-state index contributed by atoms with van der Waals surface area (Å²) in [5, 5.41) is 9.33. The van der Waals surface area contributed by atoms with Gasteiger partial charge in [-0.1, -0.05) is 6.92 Å². The summed E-state index contributed by atoms with van der Waals surface area (Å²) in [5.74, 6) is -0.380. The van der Waals surface area contributed by atoms with Crippen LogP contribution in [-0.2, 0) is 4.79 Å². The molecule has 2 heterocycles. The first-order chi connectivity index (χ1) is 10.1. The number of carboxylic acids is 1. The van der Waals surface area contributed by atoms with Crippen molar-refractivity contribution in [2.75, 3.05) is 6.54 Å². The molecule has 1 aromatic heterocycles. The summed E-state index contributed by atoms with van der Waals surface area (Å²) in [6.45, 7) is 2.76. The molecule has 2 N–H and O–H groups in total. The molecule has 0 aliphatic carbocycles. The molecular weight excluding hydrogens is 273 g/mol. The van der Waals surface area contributed by atoms with Crippen LogP contribution >= 0.6 is 0 Å². The molecular formula is C15H18FN3O2. The molecule has 1 saturated heterocycles. The number of fused-ring (bicyclic) bond motifs is 1. The zero-order valence-corrected chi connectivity index (χ0v) is 11.8. The Hall–Kier alpha value is -1.95. The van der Waals surface area contributed by atoms with Gasteiger partial charge >= 0.3 is 5.97 Å². The molecule has 1 aliphatic rings. The van der Waals surface area contributed by atoms with Crippen molar-refractivity contribution in [2.45, 2.75) is 38.3 Å². The van der Waals surface area contributed by atoms with Crippen LogP contribution in [0.25, 0.3) is 11.0 Å². The van der Waals surface area contributed by atoms with Crippen molar-refractivity contribution < 1.29 is 14.3 Å². The summed E-state index contributed by atoms with van der Waals surface area (Å²) < 4.78 is 13.3. The summed E-state index contributed by atoms with van der Waals surface area (Å²) in [4.78, 5) is 21.0. The van der Waals surface area contributed by atoms with Crippen LogP contribution in [-0.4, -0.2) is 38.5 Å². The van der Waals surface area contributed by atoms with Crippen molar-refractivity contribution >= 4 is 17.0 Å². The van der Waals surface area contributed by atoms with E-state index >= 15 is 0 Å². The molecule has 0 bridgehead atoms. The fraction of sp³-hybridized carbons (Fsp3) is 0.467. The number of hydrogen-bond acceptors (Lipinski definition) is 3. The number of nitrogens with one attached hydrogen (secondary N) is 1. The van der Waals surface area contributed by atoms with Crippen LogP contribution < -0.4 is 0 Å². The predicted octanol–water partition coefficient (Wildman–Crippen LogP) is 2.70. The number of imidazole rings is 1. The van der Waals surface area contributed by atoms with E-state index in [1.54, 1.807) is 6.07 Å². The molecule has 5 nitrogen and oxygen atoms in total. The molecule has 3 rings (SSSR count). The van der Waals surface area contributed by atoms with Gasteiger partial charge in [0.2, 0.25) is 0 Å². The average Bonchev–Trinajstić information content (AvgIpc) is 3.06. The Morgan fingerprint density at radius 2 is 2.43 bits per heavy atom. The van der Waals surface area contributed by atoms with Crippen molar-refractivity contribution in [3.05, 3.63) is 29.8 Å². The van der Waals surface area contributed by atoms with Gasteiger partial charge in [0.05, 0.1) is 17.1 Å². The Bertz CT molecular complexity index is 670. The summed E-state index contributed by atoms with van der Waals surface area (Å²) in [6.07, 6.45) is 2.30. The molecule has 0 radical (unpaired) electrons. The third-order valence-electron chi connectivity index (χ3n) is 4.14. The zero-order chi connectivity index (χ0) is 15.0. The van der Waals surface area contributed by atoms with Gasteiger partial charge in [-0.05, 0) is 44.0 Å². The van der Waals surface area contributed by atoms with E-state index in [0.29, 0.717) is 23.3 Å². The zero-order valence-electron chi connectivity index (χ0n) is 11.8. The molecule has 2 atom stereocenters. The number of aromatic amines is 1. The maximum absolute atomic E-state index is 13.3. The van der Waals surface area contributed by atoms with Gasteiger partial charge in [-0.25, -0.2) is 9.37 Å². The number of likely N-dealkylation sites (tertiary alicyclic amines) is 1. The minimum atomic E-state index is -0.784. The third-order valence-corrected chi connectivity index (χ3v) is 4.14. The third kappa shape index (κ3) is 2.51. The van der Waals surface area contributed by atoms with Crippen molar-refractivity contribution in [3.8, 4) is 0 Å². The highest BCUT2D eigenvalue weighted by molar-refractivity contribution is 5.75. The van der Waals surface area contributed by atoms with E-state index in [1.165, 1.54) is 12.1 Å². The quantitative estimate of drug-likeness (QED) is 0.908. The van der Waals surface area contributed by atoms with E-state index in [4.69, 9.17) is 0 Å². The number of benzene rings is 1. The van der Waals surface area contributed by atoms with E-state index in [1.807, 2.05) is 11.8 Å². The molecule has 1 aromatic carbocycles. The Morgan fingerprint density at radius 3 is 3.14 bits per heavy atom. The van der Waals surface area contributed by atoms with Crippen LogP contribution in [0.4, 0.5) is 4.39 Å². The van der Waals surface area contributed by atoms with Gasteiger partial charge in [-0.2, -0.15) is 0 Å². The van der Waals surface area contributed by atoms with Crippen LogP contribution in [0.15, 0.2) is 18.2 Å². The molecule has 0 amide bonds. The Kier molecular flexibility index (Phi) is 3.63. The maximum atomic E-state index is 13.3. The number of rotatable bonds is 4. The first-order valence-corrected chi connectivity index (χ1v) is 7.24. The van der Waals surface area contributed by atoms with Gasteiger partial charge in [-0.15, -0.1) is 0 Å². The fourth-order valence-electron chi connectivity index (χ4n) is 3.17. The highest BCUT2D eigenvalue weighted by Gasteiger charge is 2.36. The van der Waals surface area contributed by atoms with E-state index in [9.17, 15) is 14.3 Å². The van der Waals surface area contributed by atoms with E-state index in [0.717, 1.165) is 19.4 Å². The molecule has 112 valence electrons. The van der Waals surface area contributed by atoms with E-state index in [-0.39, 0.29) is 11.9 Å². The number of hydrogen-bond donors (Lipinski definition) is 2. The second kappa shape index (κ2) is 5.44. The highest BCUT2D eigenvalue weighted by atomic mass is 19.1. The monoisotopic (exact) mass is 291 g/mol. The Labute approximate surface area is 121 Å². The number of halogens is 1. The molecule has 1 fully saturated rings. The summed E-state index contributed by atoms with van der Waals surface area (Å²) in [7, 11) is 0. The van der Waals surface area contributed by atoms with E-state index < -0.39 is 12.0 Å². The van der Waals surface area contributed by atoms with Crippen LogP contribution in [0.1, 0.15) is 38.1 Å². The van der Waals surface area contributed by atoms with Crippen molar-refractivity contribution in [1.82, 2.24) is 14.9 Å². The number of carboxylic acid groups (broad SMARTS) is 1. The topological polar surface area (TPSA) is 69.2 Å². The van der Waals surface area contributed by atoms with Crippen LogP contribution in [0.2, 0.25) is 0 Å². The SMILES string of the molecule is CCC(c1nc2ccc(F)cc2[nH]1)N1CCCC1C(=O)O. The normalized spacial score (nSPS) is 21.0. The van der Waals surface area contributed by atoms with Gasteiger partial charge in [0.25, 0.3) is 0 Å². The molecule has 6 heteroatoms. The van der Waals surface area contributed by atoms with Crippen LogP contribution in [0, 0.1) is 5.82 Å². The lowest BCUT2D eigenvalue weighted by Gasteiger charge is -2.28. The Balaban J connectivity index is 1.96. The minimum Gasteiger partial charge on any atom is -0.480 e. The second-order valence-corrected chi connectivity index (χ2v) is 5.44. The average molecular weight is 291 g/mol. The van der Waals surface area contributed by atoms with Crippen LogP contribution in [0.3, 0.4) is 0 Å². The Morgan fingerprint density at radius 1 is 1.62 bits per heavy atom. The summed E-state index contributed by atoms with van der Waals surface area (Å²) in [6, 6.07) is 3.89. The number of carbonyl (C=O) groups is 1. The lowest BCUT2D eigenvalue weighted by Crippen LogP contribution is -2.39. The number of aromatic nitrogens is 2. The standard InChI is InChI=1S/C15H18FN3O2/c1-2-12(19-7-3-4-13(19)15(20)21)14-17-10-6-5-9(16)8-11(10)18-14/h5-6,8,12-13H,2-4,7H2,1H3,(H,17,18)(H,20,21). The van der Waals surface area contributed by atoms with Crippen molar-refractivity contribution in [1.29, 1.82) is 0 Å². The van der Waals surface area contributed by atoms with E-state index in [2.05, 4.69) is 9.97 Å². The molecule has 0 spiro atoms. The van der Waals surface area contributed by atoms with Gasteiger partial charge in [0.15, 0.2) is 0 Å². The van der Waals surface area contributed by atoms with Crippen molar-refractivity contribution in [2.24, 2.45) is 0 Å². The number of H-pyrrole nitrogens is 1. The maximum Gasteiger partial charge on any atom is 0.320 e. The lowest BCUT2D eigenvalue weighted by molar-refractivity contribution is -0.143.